The van der Waals surface area contributed by atoms with E-state index in [9.17, 15) is 18.0 Å². The zero-order valence-electron chi connectivity index (χ0n) is 9.92. The van der Waals surface area contributed by atoms with E-state index in [1.54, 1.807) is 6.92 Å². The summed E-state index contributed by atoms with van der Waals surface area (Å²) in [7, 11) is 0. The van der Waals surface area contributed by atoms with E-state index in [1.165, 1.54) is 12.1 Å². The van der Waals surface area contributed by atoms with Gasteiger partial charge in [-0.05, 0) is 24.6 Å². The van der Waals surface area contributed by atoms with E-state index in [2.05, 4.69) is 5.32 Å². The fraction of sp³-hybridized carbons (Fsp3) is 0.417. The first-order valence-electron chi connectivity index (χ1n) is 5.47. The fourth-order valence-electron chi connectivity index (χ4n) is 1.48. The largest absolute Gasteiger partial charge is 0.416 e. The van der Waals surface area contributed by atoms with Crippen molar-refractivity contribution in [2.75, 3.05) is 0 Å². The summed E-state index contributed by atoms with van der Waals surface area (Å²) >= 11 is 0. The van der Waals surface area contributed by atoms with Gasteiger partial charge in [-0.25, -0.2) is 0 Å². The Morgan fingerprint density at radius 3 is 2.33 bits per heavy atom. The molecular formula is C12H15F3N2O. The van der Waals surface area contributed by atoms with Gasteiger partial charge < -0.3 is 11.1 Å². The molecule has 3 nitrogen and oxygen atoms in total. The first-order valence-corrected chi connectivity index (χ1v) is 5.47. The normalized spacial score (nSPS) is 13.3. The van der Waals surface area contributed by atoms with Crippen LogP contribution in [0.1, 0.15) is 24.5 Å². The van der Waals surface area contributed by atoms with Crippen molar-refractivity contribution in [3.8, 4) is 0 Å². The lowest BCUT2D eigenvalue weighted by Crippen LogP contribution is -2.30. The maximum Gasteiger partial charge on any atom is 0.416 e. The van der Waals surface area contributed by atoms with Gasteiger partial charge in [0.15, 0.2) is 0 Å². The fourth-order valence-corrected chi connectivity index (χ4v) is 1.48. The van der Waals surface area contributed by atoms with Crippen LogP contribution in [0.3, 0.4) is 0 Å². The molecule has 1 atom stereocenters. The van der Waals surface area contributed by atoms with E-state index in [1.807, 2.05) is 0 Å². The molecule has 6 heteroatoms. The molecule has 0 aromatic heterocycles. The maximum atomic E-state index is 12.3. The molecule has 0 heterocycles. The number of hydrogen-bond donors (Lipinski definition) is 2. The van der Waals surface area contributed by atoms with Gasteiger partial charge in [0.05, 0.1) is 5.56 Å². The number of halogens is 3. The second kappa shape index (κ2) is 5.86. The Labute approximate surface area is 103 Å². The lowest BCUT2D eigenvalue weighted by molar-refractivity contribution is -0.137. The summed E-state index contributed by atoms with van der Waals surface area (Å²) in [5.74, 6) is -0.414. The molecule has 0 aliphatic rings. The second-order valence-electron chi connectivity index (χ2n) is 4.15. The molecule has 0 spiro atoms. The number of nitrogens with two attached hydrogens (primary N) is 1. The average molecular weight is 260 g/mol. The topological polar surface area (TPSA) is 55.1 Å². The molecular weight excluding hydrogens is 245 g/mol. The van der Waals surface area contributed by atoms with Gasteiger partial charge in [-0.1, -0.05) is 12.1 Å². The van der Waals surface area contributed by atoms with Crippen molar-refractivity contribution in [3.63, 3.8) is 0 Å². The van der Waals surface area contributed by atoms with Crippen LogP contribution in [0, 0.1) is 0 Å². The molecule has 0 radical (unpaired) electrons. The minimum atomic E-state index is -4.31. The molecule has 1 aromatic carbocycles. The van der Waals surface area contributed by atoms with Gasteiger partial charge in [0, 0.05) is 19.0 Å². The van der Waals surface area contributed by atoms with Crippen molar-refractivity contribution in [2.45, 2.75) is 32.1 Å². The zero-order valence-corrected chi connectivity index (χ0v) is 9.92. The average Bonchev–Trinajstić information content (AvgIpc) is 2.25. The summed E-state index contributed by atoms with van der Waals surface area (Å²) in [6.07, 6.45) is -4.12. The lowest BCUT2D eigenvalue weighted by atomic mass is 10.1. The molecule has 1 rings (SSSR count). The summed E-state index contributed by atoms with van der Waals surface area (Å²) in [6.45, 7) is 2.18. The van der Waals surface area contributed by atoms with Crippen molar-refractivity contribution in [1.82, 2.24) is 5.32 Å². The van der Waals surface area contributed by atoms with Crippen LogP contribution in [0.5, 0.6) is 0 Å². The van der Waals surface area contributed by atoms with Crippen molar-refractivity contribution in [1.29, 1.82) is 0 Å². The van der Waals surface area contributed by atoms with Crippen LogP contribution in [0.25, 0.3) is 0 Å². The molecule has 0 saturated carbocycles. The maximum absolute atomic E-state index is 12.3. The predicted molar refractivity (Wildman–Crippen MR) is 61.6 cm³/mol. The second-order valence-corrected chi connectivity index (χ2v) is 4.15. The molecule has 1 amide bonds. The molecule has 0 aliphatic carbocycles. The number of hydrogen-bond acceptors (Lipinski definition) is 2. The Morgan fingerprint density at radius 2 is 1.89 bits per heavy atom. The standard InChI is InChI=1S/C12H15F3N2O/c1-8(6-11(16)18)17-7-9-2-4-10(5-3-9)12(13,14)15/h2-5,8,17H,6-7H2,1H3,(H2,16,18). The van der Waals surface area contributed by atoms with Gasteiger partial charge in [0.25, 0.3) is 0 Å². The Bertz CT molecular complexity index is 401. The lowest BCUT2D eigenvalue weighted by Gasteiger charge is -2.12. The Hall–Kier alpha value is -1.56. The third-order valence-electron chi connectivity index (χ3n) is 2.44. The van der Waals surface area contributed by atoms with Crippen LogP contribution in [0.4, 0.5) is 13.2 Å². The summed E-state index contributed by atoms with van der Waals surface area (Å²) in [5.41, 5.74) is 5.08. The van der Waals surface area contributed by atoms with E-state index in [4.69, 9.17) is 5.73 Å². The number of alkyl halides is 3. The third-order valence-corrected chi connectivity index (χ3v) is 2.44. The molecule has 0 aliphatic heterocycles. The minimum absolute atomic E-state index is 0.107. The van der Waals surface area contributed by atoms with Crippen LogP contribution in [-0.2, 0) is 17.5 Å². The van der Waals surface area contributed by atoms with Crippen LogP contribution in [-0.4, -0.2) is 11.9 Å². The van der Waals surface area contributed by atoms with E-state index < -0.39 is 17.6 Å². The number of nitrogens with one attached hydrogen (secondary N) is 1. The van der Waals surface area contributed by atoms with Crippen molar-refractivity contribution < 1.29 is 18.0 Å². The van der Waals surface area contributed by atoms with E-state index >= 15 is 0 Å². The highest BCUT2D eigenvalue weighted by molar-refractivity contribution is 5.74. The monoisotopic (exact) mass is 260 g/mol. The van der Waals surface area contributed by atoms with Crippen LogP contribution < -0.4 is 11.1 Å². The van der Waals surface area contributed by atoms with Crippen LogP contribution >= 0.6 is 0 Å². The highest BCUT2D eigenvalue weighted by atomic mass is 19.4. The first kappa shape index (κ1) is 14.5. The zero-order chi connectivity index (χ0) is 13.8. The molecule has 1 unspecified atom stereocenters. The van der Waals surface area contributed by atoms with Gasteiger partial charge in [-0.15, -0.1) is 0 Å². The van der Waals surface area contributed by atoms with Gasteiger partial charge in [-0.3, -0.25) is 4.79 Å². The first-order chi connectivity index (χ1) is 8.29. The van der Waals surface area contributed by atoms with Gasteiger partial charge in [0.2, 0.25) is 5.91 Å². The Morgan fingerprint density at radius 1 is 1.33 bits per heavy atom. The van der Waals surface area contributed by atoms with Crippen molar-refractivity contribution >= 4 is 5.91 Å². The summed E-state index contributed by atoms with van der Waals surface area (Å²) in [5, 5.41) is 3.01. The predicted octanol–water partition coefficient (Wildman–Crippen LogP) is 2.06. The summed E-state index contributed by atoms with van der Waals surface area (Å²) in [4.78, 5) is 10.6. The highest BCUT2D eigenvalue weighted by Crippen LogP contribution is 2.28. The SMILES string of the molecule is CC(CC(N)=O)NCc1ccc(C(F)(F)F)cc1. The smallest absolute Gasteiger partial charge is 0.370 e. The van der Waals surface area contributed by atoms with Crippen molar-refractivity contribution in [2.24, 2.45) is 5.73 Å². The molecule has 3 N–H and O–H groups in total. The van der Waals surface area contributed by atoms with Crippen LogP contribution in [0.2, 0.25) is 0 Å². The number of rotatable bonds is 5. The van der Waals surface area contributed by atoms with E-state index in [0.717, 1.165) is 17.7 Å². The molecule has 18 heavy (non-hydrogen) atoms. The number of amides is 1. The van der Waals surface area contributed by atoms with Crippen LogP contribution in [0.15, 0.2) is 24.3 Å². The Balaban J connectivity index is 2.52. The number of benzene rings is 1. The third kappa shape index (κ3) is 4.75. The molecule has 1 aromatic rings. The summed E-state index contributed by atoms with van der Waals surface area (Å²) in [6, 6.07) is 4.79. The van der Waals surface area contributed by atoms with Gasteiger partial charge >= 0.3 is 6.18 Å². The number of primary amides is 1. The summed E-state index contributed by atoms with van der Waals surface area (Å²) < 4.78 is 36.9. The Kier molecular flexibility index (Phi) is 4.72. The van der Waals surface area contributed by atoms with E-state index in [0.29, 0.717) is 6.54 Å². The molecule has 0 fully saturated rings. The quantitative estimate of drug-likeness (QED) is 0.851. The van der Waals surface area contributed by atoms with Gasteiger partial charge in [0.1, 0.15) is 0 Å². The highest BCUT2D eigenvalue weighted by Gasteiger charge is 2.29. The number of carbonyl (C=O) groups excluding carboxylic acids is 1. The molecule has 0 bridgehead atoms. The number of carbonyl (C=O) groups is 1. The van der Waals surface area contributed by atoms with Gasteiger partial charge in [-0.2, -0.15) is 13.2 Å². The minimum Gasteiger partial charge on any atom is -0.370 e. The molecule has 100 valence electrons. The van der Waals surface area contributed by atoms with E-state index in [-0.39, 0.29) is 12.5 Å². The van der Waals surface area contributed by atoms with Crippen molar-refractivity contribution in [3.05, 3.63) is 35.4 Å². The molecule has 0 saturated heterocycles.